The average Bonchev–Trinajstić information content (AvgIpc) is 2.41. The minimum absolute atomic E-state index is 0.442. The maximum absolute atomic E-state index is 6.06. The Balaban J connectivity index is 2.18. The first-order valence-electron chi connectivity index (χ1n) is 6.16. The average molecular weight is 358 g/mol. The van der Waals surface area contributed by atoms with Crippen LogP contribution in [0.2, 0.25) is 10.0 Å². The third-order valence-electron chi connectivity index (χ3n) is 3.20. The summed E-state index contributed by atoms with van der Waals surface area (Å²) in [5.41, 5.74) is 3.83. The van der Waals surface area contributed by atoms with Gasteiger partial charge in [-0.05, 0) is 42.5 Å². The van der Waals surface area contributed by atoms with Gasteiger partial charge in [-0.25, -0.2) is 0 Å². The summed E-state index contributed by atoms with van der Waals surface area (Å²) in [5, 5.41) is 2.16. The lowest BCUT2D eigenvalue weighted by Gasteiger charge is -2.15. The smallest absolute Gasteiger partial charge is 0.0595 e. The molecule has 0 radical (unpaired) electrons. The molecule has 0 amide bonds. The van der Waals surface area contributed by atoms with E-state index in [-0.39, 0.29) is 0 Å². The Hall–Kier alpha value is -0.500. The standard InChI is InChI=1S/C16H15BrCl2/c1-11-2-5-13(6-3-11)14(10-17)8-12-4-7-15(18)16(19)9-12/h2-7,9,14H,8,10H2,1H3. The molecule has 2 rings (SSSR count). The van der Waals surface area contributed by atoms with Crippen molar-refractivity contribution in [1.82, 2.24) is 0 Å². The molecule has 0 N–H and O–H groups in total. The van der Waals surface area contributed by atoms with E-state index < -0.39 is 0 Å². The highest BCUT2D eigenvalue weighted by Gasteiger charge is 2.11. The summed E-state index contributed by atoms with van der Waals surface area (Å²) < 4.78 is 0. The molecule has 0 saturated carbocycles. The predicted octanol–water partition coefficient (Wildman–Crippen LogP) is 6.02. The highest BCUT2D eigenvalue weighted by Crippen LogP contribution is 2.27. The fourth-order valence-corrected chi connectivity index (χ4v) is 2.97. The zero-order valence-corrected chi connectivity index (χ0v) is 13.8. The molecule has 19 heavy (non-hydrogen) atoms. The van der Waals surface area contributed by atoms with Crippen LogP contribution in [0, 0.1) is 6.92 Å². The van der Waals surface area contributed by atoms with E-state index in [0.29, 0.717) is 16.0 Å². The van der Waals surface area contributed by atoms with E-state index in [1.165, 1.54) is 16.7 Å². The maximum atomic E-state index is 6.06. The van der Waals surface area contributed by atoms with Gasteiger partial charge < -0.3 is 0 Å². The first-order chi connectivity index (χ1) is 9.10. The van der Waals surface area contributed by atoms with Crippen molar-refractivity contribution in [2.45, 2.75) is 19.3 Å². The summed E-state index contributed by atoms with van der Waals surface area (Å²) in [5.74, 6) is 0.442. The molecule has 0 aliphatic rings. The summed E-state index contributed by atoms with van der Waals surface area (Å²) in [6.07, 6.45) is 0.950. The van der Waals surface area contributed by atoms with Gasteiger partial charge in [0, 0.05) is 5.33 Å². The molecule has 0 nitrogen and oxygen atoms in total. The largest absolute Gasteiger partial charge is 0.0921 e. The van der Waals surface area contributed by atoms with Gasteiger partial charge >= 0.3 is 0 Å². The van der Waals surface area contributed by atoms with Crippen molar-refractivity contribution in [2.75, 3.05) is 5.33 Å². The van der Waals surface area contributed by atoms with Gasteiger partial charge in [-0.1, -0.05) is 75.0 Å². The normalized spacial score (nSPS) is 12.4. The Bertz CT molecular complexity index is 549. The quantitative estimate of drug-likeness (QED) is 0.586. The minimum atomic E-state index is 0.442. The van der Waals surface area contributed by atoms with E-state index in [4.69, 9.17) is 23.2 Å². The summed E-state index contributed by atoms with van der Waals surface area (Å²) in [4.78, 5) is 0. The number of alkyl halides is 1. The molecule has 1 atom stereocenters. The van der Waals surface area contributed by atoms with Crippen molar-refractivity contribution >= 4 is 39.1 Å². The lowest BCUT2D eigenvalue weighted by atomic mass is 9.93. The van der Waals surface area contributed by atoms with Crippen LogP contribution in [0.5, 0.6) is 0 Å². The predicted molar refractivity (Wildman–Crippen MR) is 87.9 cm³/mol. The SMILES string of the molecule is Cc1ccc(C(CBr)Cc2ccc(Cl)c(Cl)c2)cc1. The second kappa shape index (κ2) is 6.78. The van der Waals surface area contributed by atoms with E-state index in [9.17, 15) is 0 Å². The number of halogens is 3. The summed E-state index contributed by atoms with van der Waals surface area (Å²) in [6, 6.07) is 14.5. The second-order valence-electron chi connectivity index (χ2n) is 4.71. The highest BCUT2D eigenvalue weighted by atomic mass is 79.9. The molecular weight excluding hydrogens is 343 g/mol. The van der Waals surface area contributed by atoms with Gasteiger partial charge in [-0.2, -0.15) is 0 Å². The van der Waals surface area contributed by atoms with Crippen molar-refractivity contribution in [3.63, 3.8) is 0 Å². The Labute approximate surface area is 132 Å². The highest BCUT2D eigenvalue weighted by molar-refractivity contribution is 9.09. The molecule has 1 unspecified atom stereocenters. The summed E-state index contributed by atoms with van der Waals surface area (Å²) >= 11 is 15.6. The van der Waals surface area contributed by atoms with Crippen molar-refractivity contribution in [3.8, 4) is 0 Å². The first-order valence-corrected chi connectivity index (χ1v) is 8.04. The molecular formula is C16H15BrCl2. The number of hydrogen-bond donors (Lipinski definition) is 0. The van der Waals surface area contributed by atoms with Crippen molar-refractivity contribution in [2.24, 2.45) is 0 Å². The third kappa shape index (κ3) is 3.98. The first kappa shape index (κ1) is 14.9. The molecule has 100 valence electrons. The number of aryl methyl sites for hydroxylation is 1. The van der Waals surface area contributed by atoms with Gasteiger partial charge in [0.15, 0.2) is 0 Å². The molecule has 0 aromatic heterocycles. The Morgan fingerprint density at radius 3 is 2.26 bits per heavy atom. The van der Waals surface area contributed by atoms with Gasteiger partial charge in [-0.15, -0.1) is 0 Å². The van der Waals surface area contributed by atoms with Crippen LogP contribution in [0.4, 0.5) is 0 Å². The number of hydrogen-bond acceptors (Lipinski definition) is 0. The lowest BCUT2D eigenvalue weighted by molar-refractivity contribution is 0.775. The van der Waals surface area contributed by atoms with Gasteiger partial charge in [0.05, 0.1) is 10.0 Å². The monoisotopic (exact) mass is 356 g/mol. The zero-order valence-electron chi connectivity index (χ0n) is 10.7. The topological polar surface area (TPSA) is 0 Å². The molecule has 0 saturated heterocycles. The van der Waals surface area contributed by atoms with E-state index in [0.717, 1.165) is 11.8 Å². The molecule has 2 aromatic carbocycles. The van der Waals surface area contributed by atoms with Gasteiger partial charge in [0.2, 0.25) is 0 Å². The number of benzene rings is 2. The van der Waals surface area contributed by atoms with Gasteiger partial charge in [-0.3, -0.25) is 0 Å². The van der Waals surface area contributed by atoms with Crippen LogP contribution < -0.4 is 0 Å². The third-order valence-corrected chi connectivity index (χ3v) is 4.72. The van der Waals surface area contributed by atoms with Gasteiger partial charge in [0.25, 0.3) is 0 Å². The van der Waals surface area contributed by atoms with E-state index in [1.807, 2.05) is 18.2 Å². The van der Waals surface area contributed by atoms with Crippen molar-refractivity contribution in [1.29, 1.82) is 0 Å². The molecule has 0 aliphatic heterocycles. The Morgan fingerprint density at radius 2 is 1.68 bits per heavy atom. The molecule has 3 heteroatoms. The minimum Gasteiger partial charge on any atom is -0.0921 e. The van der Waals surface area contributed by atoms with Gasteiger partial charge in [0.1, 0.15) is 0 Å². The lowest BCUT2D eigenvalue weighted by Crippen LogP contribution is -2.04. The molecule has 2 aromatic rings. The fourth-order valence-electron chi connectivity index (χ4n) is 2.05. The summed E-state index contributed by atoms with van der Waals surface area (Å²) in [6.45, 7) is 2.10. The Morgan fingerprint density at radius 1 is 1.00 bits per heavy atom. The van der Waals surface area contributed by atoms with Crippen LogP contribution in [0.3, 0.4) is 0 Å². The van der Waals surface area contributed by atoms with Crippen molar-refractivity contribution in [3.05, 3.63) is 69.2 Å². The van der Waals surface area contributed by atoms with E-state index >= 15 is 0 Å². The molecule has 0 bridgehead atoms. The van der Waals surface area contributed by atoms with Crippen LogP contribution in [0.25, 0.3) is 0 Å². The van der Waals surface area contributed by atoms with Crippen LogP contribution in [0.1, 0.15) is 22.6 Å². The van der Waals surface area contributed by atoms with E-state index in [1.54, 1.807) is 0 Å². The summed E-state index contributed by atoms with van der Waals surface area (Å²) in [7, 11) is 0. The van der Waals surface area contributed by atoms with Crippen LogP contribution in [-0.4, -0.2) is 5.33 Å². The van der Waals surface area contributed by atoms with E-state index in [2.05, 4.69) is 47.1 Å². The van der Waals surface area contributed by atoms with Crippen LogP contribution in [0.15, 0.2) is 42.5 Å². The maximum Gasteiger partial charge on any atom is 0.0595 e. The molecule has 0 spiro atoms. The molecule has 0 aliphatic carbocycles. The molecule has 0 fully saturated rings. The van der Waals surface area contributed by atoms with Crippen LogP contribution >= 0.6 is 39.1 Å². The van der Waals surface area contributed by atoms with Crippen LogP contribution in [-0.2, 0) is 6.42 Å². The Kier molecular flexibility index (Phi) is 5.32. The van der Waals surface area contributed by atoms with Crippen molar-refractivity contribution < 1.29 is 0 Å². The molecule has 0 heterocycles. The fraction of sp³-hybridized carbons (Fsp3) is 0.250. The second-order valence-corrected chi connectivity index (χ2v) is 6.18. The number of rotatable bonds is 4. The zero-order chi connectivity index (χ0) is 13.8.